The van der Waals surface area contributed by atoms with E-state index < -0.39 is 27.9 Å². The summed E-state index contributed by atoms with van der Waals surface area (Å²) in [5.74, 6) is -1.09. The number of hydrogen-bond donors (Lipinski definition) is 2. The van der Waals surface area contributed by atoms with Crippen LogP contribution in [0, 0.1) is 0 Å². The number of carbonyl (C=O) groups excluding carboxylic acids is 2. The number of nitrogens with zero attached hydrogens (tertiary/aromatic N) is 1. The van der Waals surface area contributed by atoms with Crippen molar-refractivity contribution < 1.29 is 18.0 Å². The third-order valence-corrected chi connectivity index (χ3v) is 7.00. The average molecular weight is 454 g/mol. The van der Waals surface area contributed by atoms with Crippen molar-refractivity contribution >= 4 is 45.0 Å². The van der Waals surface area contributed by atoms with Gasteiger partial charge in [0.25, 0.3) is 10.0 Å². The van der Waals surface area contributed by atoms with Gasteiger partial charge in [-0.05, 0) is 17.7 Å². The van der Waals surface area contributed by atoms with Crippen LogP contribution in [-0.2, 0) is 26.2 Å². The first-order valence-corrected chi connectivity index (χ1v) is 10.8. The fraction of sp³-hybridized carbons (Fsp3) is 0.158. The molecule has 1 heterocycles. The summed E-state index contributed by atoms with van der Waals surface area (Å²) in [5.41, 5.74) is 0.879. The molecule has 2 aromatic carbocycles. The van der Waals surface area contributed by atoms with E-state index in [-0.39, 0.29) is 27.9 Å². The molecule has 0 unspecified atom stereocenters. The molecule has 0 aliphatic carbocycles. The maximum absolute atomic E-state index is 13.1. The van der Waals surface area contributed by atoms with Crippen molar-refractivity contribution in [2.24, 2.45) is 0 Å². The minimum Gasteiger partial charge on any atom is -0.352 e. The summed E-state index contributed by atoms with van der Waals surface area (Å²) >= 11 is 12.0. The Hall–Kier alpha value is -2.55. The molecule has 0 saturated heterocycles. The van der Waals surface area contributed by atoms with Crippen LogP contribution in [0.15, 0.2) is 65.8 Å². The van der Waals surface area contributed by atoms with E-state index in [2.05, 4.69) is 10.6 Å². The maximum atomic E-state index is 13.1. The highest BCUT2D eigenvalue weighted by molar-refractivity contribution is 7.89. The summed E-state index contributed by atoms with van der Waals surface area (Å²) in [4.78, 5) is 24.5. The molecule has 1 atom stereocenters. The number of carbonyl (C=O) groups is 2. The van der Waals surface area contributed by atoms with Crippen molar-refractivity contribution in [2.45, 2.75) is 23.9 Å². The van der Waals surface area contributed by atoms with Gasteiger partial charge in [0.2, 0.25) is 11.8 Å². The van der Waals surface area contributed by atoms with Crippen LogP contribution in [0.3, 0.4) is 0 Å². The Kier molecular flexibility index (Phi) is 6.46. The van der Waals surface area contributed by atoms with Crippen LogP contribution in [0.4, 0.5) is 0 Å². The fourth-order valence-corrected chi connectivity index (χ4v) is 4.97. The highest BCUT2D eigenvalue weighted by Crippen LogP contribution is 2.32. The zero-order valence-corrected chi connectivity index (χ0v) is 17.3. The van der Waals surface area contributed by atoms with Gasteiger partial charge in [0.15, 0.2) is 0 Å². The zero-order chi connectivity index (χ0) is 21.0. The smallest absolute Gasteiger partial charge is 0.266 e. The molecule has 0 fully saturated rings. The molecule has 1 aliphatic heterocycles. The van der Waals surface area contributed by atoms with Crippen LogP contribution in [0.5, 0.6) is 0 Å². The highest BCUT2D eigenvalue weighted by atomic mass is 35.5. The molecule has 2 amide bonds. The van der Waals surface area contributed by atoms with Gasteiger partial charge in [0, 0.05) is 18.9 Å². The van der Waals surface area contributed by atoms with Gasteiger partial charge >= 0.3 is 0 Å². The lowest BCUT2D eigenvalue weighted by atomic mass is 10.1. The van der Waals surface area contributed by atoms with Crippen LogP contribution < -0.4 is 10.6 Å². The van der Waals surface area contributed by atoms with Crippen molar-refractivity contribution in [3.8, 4) is 0 Å². The Morgan fingerprint density at radius 3 is 2.55 bits per heavy atom. The Morgan fingerprint density at radius 1 is 1.10 bits per heavy atom. The van der Waals surface area contributed by atoms with Gasteiger partial charge in [-0.15, -0.1) is 0 Å². The first kappa shape index (κ1) is 21.2. The van der Waals surface area contributed by atoms with Gasteiger partial charge < -0.3 is 10.6 Å². The molecule has 10 heteroatoms. The molecular weight excluding hydrogens is 437 g/mol. The van der Waals surface area contributed by atoms with Gasteiger partial charge in [0.05, 0.1) is 16.5 Å². The number of hydrogen-bond acceptors (Lipinski definition) is 4. The van der Waals surface area contributed by atoms with Crippen LogP contribution >= 0.6 is 23.2 Å². The third-order valence-electron chi connectivity index (χ3n) is 4.24. The van der Waals surface area contributed by atoms with Crippen LogP contribution in [-0.4, -0.2) is 30.6 Å². The summed E-state index contributed by atoms with van der Waals surface area (Å²) in [6, 6.07) is 12.1. The van der Waals surface area contributed by atoms with E-state index >= 15 is 0 Å². The van der Waals surface area contributed by atoms with E-state index in [1.807, 2.05) is 30.3 Å². The van der Waals surface area contributed by atoms with E-state index in [0.717, 1.165) is 9.87 Å². The van der Waals surface area contributed by atoms with Crippen molar-refractivity contribution in [1.82, 2.24) is 14.9 Å². The molecule has 152 valence electrons. The second-order valence-electron chi connectivity index (χ2n) is 6.19. The molecule has 29 heavy (non-hydrogen) atoms. The quantitative estimate of drug-likeness (QED) is 0.702. The summed E-state index contributed by atoms with van der Waals surface area (Å²) in [6.07, 6.45) is 2.01. The molecule has 0 radical (unpaired) electrons. The summed E-state index contributed by atoms with van der Waals surface area (Å²) < 4.78 is 27.0. The minimum atomic E-state index is -4.22. The standard InChI is InChI=1S/C19H17Cl2N3O4S/c20-14-7-4-8-16(18(14)21)29(27,28)24-10-9-22-19(26)15(24)11-17(25)23-12-13-5-2-1-3-6-13/h1-10,15H,11-12H2,(H,22,26)(H,23,25)/t15-/m1/s1. The van der Waals surface area contributed by atoms with Gasteiger partial charge in [-0.25, -0.2) is 8.42 Å². The molecule has 0 aromatic heterocycles. The predicted octanol–water partition coefficient (Wildman–Crippen LogP) is 2.66. The number of benzene rings is 2. The average Bonchev–Trinajstić information content (AvgIpc) is 2.70. The maximum Gasteiger partial charge on any atom is 0.266 e. The first-order chi connectivity index (χ1) is 13.8. The Labute approximate surface area is 178 Å². The lowest BCUT2D eigenvalue weighted by Gasteiger charge is -2.31. The topological polar surface area (TPSA) is 95.6 Å². The van der Waals surface area contributed by atoms with Crippen LogP contribution in [0.2, 0.25) is 10.0 Å². The van der Waals surface area contributed by atoms with Crippen LogP contribution in [0.1, 0.15) is 12.0 Å². The summed E-state index contributed by atoms with van der Waals surface area (Å²) in [6.45, 7) is 0.261. The number of halogens is 2. The second kappa shape index (κ2) is 8.86. The normalized spacial score (nSPS) is 16.4. The van der Waals surface area contributed by atoms with E-state index in [4.69, 9.17) is 23.2 Å². The van der Waals surface area contributed by atoms with Crippen molar-refractivity contribution in [2.75, 3.05) is 0 Å². The molecule has 3 rings (SSSR count). The molecule has 0 bridgehead atoms. The molecular formula is C19H17Cl2N3O4S. The monoisotopic (exact) mass is 453 g/mol. The molecule has 0 saturated carbocycles. The largest absolute Gasteiger partial charge is 0.352 e. The number of amides is 2. The molecule has 2 N–H and O–H groups in total. The SMILES string of the molecule is O=C(C[C@@H]1C(=O)NC=CN1S(=O)(=O)c1cccc(Cl)c1Cl)NCc1ccccc1. The van der Waals surface area contributed by atoms with Gasteiger partial charge in [-0.2, -0.15) is 0 Å². The van der Waals surface area contributed by atoms with E-state index in [1.54, 1.807) is 0 Å². The van der Waals surface area contributed by atoms with E-state index in [9.17, 15) is 18.0 Å². The Balaban J connectivity index is 1.81. The zero-order valence-electron chi connectivity index (χ0n) is 15.0. The number of rotatable bonds is 6. The summed E-state index contributed by atoms with van der Waals surface area (Å²) in [7, 11) is -4.22. The van der Waals surface area contributed by atoms with E-state index in [1.165, 1.54) is 30.6 Å². The van der Waals surface area contributed by atoms with Crippen molar-refractivity contribution in [3.63, 3.8) is 0 Å². The Morgan fingerprint density at radius 2 is 1.83 bits per heavy atom. The number of sulfonamides is 1. The molecule has 7 nitrogen and oxygen atoms in total. The van der Waals surface area contributed by atoms with Gasteiger partial charge in [-0.3, -0.25) is 13.9 Å². The van der Waals surface area contributed by atoms with E-state index in [0.29, 0.717) is 0 Å². The fourth-order valence-electron chi connectivity index (χ4n) is 2.78. The van der Waals surface area contributed by atoms with Crippen molar-refractivity contribution in [1.29, 1.82) is 0 Å². The Bertz CT molecular complexity index is 1060. The van der Waals surface area contributed by atoms with Crippen LogP contribution in [0.25, 0.3) is 0 Å². The third kappa shape index (κ3) is 4.72. The van der Waals surface area contributed by atoms with Crippen molar-refractivity contribution in [3.05, 3.63) is 76.5 Å². The lowest BCUT2D eigenvalue weighted by Crippen LogP contribution is -2.51. The minimum absolute atomic E-state index is 0.0651. The lowest BCUT2D eigenvalue weighted by molar-refractivity contribution is -0.129. The van der Waals surface area contributed by atoms with Gasteiger partial charge in [-0.1, -0.05) is 59.6 Å². The predicted molar refractivity (Wildman–Crippen MR) is 109 cm³/mol. The molecule has 0 spiro atoms. The number of nitrogens with one attached hydrogen (secondary N) is 2. The highest BCUT2D eigenvalue weighted by Gasteiger charge is 2.38. The molecule has 1 aliphatic rings. The second-order valence-corrected chi connectivity index (χ2v) is 8.79. The van der Waals surface area contributed by atoms with Gasteiger partial charge in [0.1, 0.15) is 10.9 Å². The summed E-state index contributed by atoms with van der Waals surface area (Å²) in [5, 5.41) is 5.03. The molecule has 2 aromatic rings. The first-order valence-electron chi connectivity index (χ1n) is 8.56.